The highest BCUT2D eigenvalue weighted by Gasteiger charge is 2.23. The zero-order valence-electron chi connectivity index (χ0n) is 11.3. The summed E-state index contributed by atoms with van der Waals surface area (Å²) in [6, 6.07) is 0. The molecule has 1 aliphatic rings. The number of H-pyrrole nitrogens is 1. The molecule has 20 heavy (non-hydrogen) atoms. The van der Waals surface area contributed by atoms with E-state index in [1.165, 1.54) is 12.6 Å². The number of likely N-dealkylation sites (tertiary alicyclic amines) is 1. The molecule has 1 amide bonds. The molecule has 0 spiro atoms. The van der Waals surface area contributed by atoms with Crippen molar-refractivity contribution in [1.82, 2.24) is 25.2 Å². The molecule has 2 N–H and O–H groups in total. The first-order chi connectivity index (χ1) is 9.72. The third-order valence-electron chi connectivity index (χ3n) is 3.52. The molecule has 0 bridgehead atoms. The van der Waals surface area contributed by atoms with Gasteiger partial charge in [0.2, 0.25) is 5.76 Å². The summed E-state index contributed by atoms with van der Waals surface area (Å²) < 4.78 is 4.93. The summed E-state index contributed by atoms with van der Waals surface area (Å²) in [5.74, 6) is 1.39. The van der Waals surface area contributed by atoms with Crippen LogP contribution in [0.1, 0.15) is 34.4 Å². The minimum Gasteiger partial charge on any atom is -0.438 e. The molecular formula is C13H17N5O2. The van der Waals surface area contributed by atoms with E-state index in [1.807, 2.05) is 0 Å². The van der Waals surface area contributed by atoms with Gasteiger partial charge in [0.05, 0.1) is 24.6 Å². The molecule has 7 nitrogen and oxygen atoms in total. The number of aromatic nitrogens is 3. The Morgan fingerprint density at radius 2 is 2.50 bits per heavy atom. The van der Waals surface area contributed by atoms with E-state index in [4.69, 9.17) is 4.42 Å². The van der Waals surface area contributed by atoms with E-state index in [0.717, 1.165) is 31.0 Å². The van der Waals surface area contributed by atoms with Gasteiger partial charge in [-0.2, -0.15) is 0 Å². The van der Waals surface area contributed by atoms with E-state index < -0.39 is 0 Å². The lowest BCUT2D eigenvalue weighted by molar-refractivity contribution is 0.0922. The van der Waals surface area contributed by atoms with Gasteiger partial charge >= 0.3 is 0 Å². The Kier molecular flexibility index (Phi) is 3.51. The average molecular weight is 275 g/mol. The SMILES string of the molecule is CN1CCC(c2ncc(CNC(=O)c3cnco3)[nH]2)C1. The summed E-state index contributed by atoms with van der Waals surface area (Å²) in [7, 11) is 2.11. The smallest absolute Gasteiger partial charge is 0.289 e. The van der Waals surface area contributed by atoms with Gasteiger partial charge < -0.3 is 19.6 Å². The lowest BCUT2D eigenvalue weighted by atomic mass is 10.1. The molecule has 2 aromatic heterocycles. The molecule has 2 aromatic rings. The minimum atomic E-state index is -0.278. The summed E-state index contributed by atoms with van der Waals surface area (Å²) in [6.45, 7) is 2.52. The molecule has 0 radical (unpaired) electrons. The number of imidazole rings is 1. The zero-order valence-corrected chi connectivity index (χ0v) is 11.3. The van der Waals surface area contributed by atoms with Crippen LogP contribution in [0.15, 0.2) is 23.2 Å². The van der Waals surface area contributed by atoms with E-state index in [-0.39, 0.29) is 11.7 Å². The molecule has 106 valence electrons. The Morgan fingerprint density at radius 1 is 1.60 bits per heavy atom. The predicted octanol–water partition coefficient (Wildman–Crippen LogP) is 0.747. The van der Waals surface area contributed by atoms with Gasteiger partial charge in [0.1, 0.15) is 5.82 Å². The second-order valence-electron chi connectivity index (χ2n) is 5.09. The van der Waals surface area contributed by atoms with Crippen molar-refractivity contribution in [3.63, 3.8) is 0 Å². The standard InChI is InChI=1S/C13H17N5O2/c1-18-3-2-9(7-18)12-15-4-10(17-12)5-16-13(19)11-6-14-8-20-11/h4,6,8-9H,2-3,5,7H2,1H3,(H,15,17)(H,16,19). The molecule has 3 heterocycles. The first-order valence-corrected chi connectivity index (χ1v) is 6.61. The second-order valence-corrected chi connectivity index (χ2v) is 5.09. The summed E-state index contributed by atoms with van der Waals surface area (Å²) in [4.78, 5) is 25.4. The molecule has 7 heteroatoms. The summed E-state index contributed by atoms with van der Waals surface area (Å²) in [6.07, 6.45) is 5.52. The number of rotatable bonds is 4. The molecule has 0 aliphatic carbocycles. The van der Waals surface area contributed by atoms with Crippen LogP contribution >= 0.6 is 0 Å². The van der Waals surface area contributed by atoms with Crippen LogP contribution in [0, 0.1) is 0 Å². The predicted molar refractivity (Wildman–Crippen MR) is 71.1 cm³/mol. The first-order valence-electron chi connectivity index (χ1n) is 6.61. The maximum atomic E-state index is 11.7. The molecule has 1 aliphatic heterocycles. The number of hydrogen-bond donors (Lipinski definition) is 2. The lowest BCUT2D eigenvalue weighted by Gasteiger charge is -2.07. The molecule has 1 saturated heterocycles. The number of nitrogens with zero attached hydrogens (tertiary/aromatic N) is 3. The fourth-order valence-corrected chi connectivity index (χ4v) is 2.42. The van der Waals surface area contributed by atoms with Gasteiger partial charge in [-0.15, -0.1) is 0 Å². The van der Waals surface area contributed by atoms with E-state index in [9.17, 15) is 4.79 Å². The van der Waals surface area contributed by atoms with Crippen molar-refractivity contribution >= 4 is 5.91 Å². The Bertz CT molecular complexity index is 577. The number of aromatic amines is 1. The van der Waals surface area contributed by atoms with Crippen LogP contribution in [0.25, 0.3) is 0 Å². The molecule has 1 unspecified atom stereocenters. The number of hydrogen-bond acceptors (Lipinski definition) is 5. The molecule has 0 saturated carbocycles. The molecule has 1 fully saturated rings. The van der Waals surface area contributed by atoms with Gasteiger partial charge in [-0.25, -0.2) is 9.97 Å². The Morgan fingerprint density at radius 3 is 3.20 bits per heavy atom. The number of oxazole rings is 1. The van der Waals surface area contributed by atoms with E-state index in [0.29, 0.717) is 12.5 Å². The highest BCUT2D eigenvalue weighted by atomic mass is 16.3. The van der Waals surface area contributed by atoms with Crippen LogP contribution in [-0.4, -0.2) is 45.9 Å². The number of likely N-dealkylation sites (N-methyl/N-ethyl adjacent to an activating group) is 1. The maximum Gasteiger partial charge on any atom is 0.289 e. The second kappa shape index (κ2) is 5.46. The van der Waals surface area contributed by atoms with Crippen molar-refractivity contribution in [2.75, 3.05) is 20.1 Å². The molecule has 0 aromatic carbocycles. The van der Waals surface area contributed by atoms with Gasteiger partial charge in [0, 0.05) is 12.5 Å². The van der Waals surface area contributed by atoms with Crippen molar-refractivity contribution in [1.29, 1.82) is 0 Å². The van der Waals surface area contributed by atoms with Crippen molar-refractivity contribution in [3.8, 4) is 0 Å². The van der Waals surface area contributed by atoms with Gasteiger partial charge in [0.15, 0.2) is 6.39 Å². The summed E-state index contributed by atoms with van der Waals surface area (Å²) in [5.41, 5.74) is 0.891. The fraction of sp³-hybridized carbons (Fsp3) is 0.462. The highest BCUT2D eigenvalue weighted by Crippen LogP contribution is 2.23. The van der Waals surface area contributed by atoms with Crippen LogP contribution in [0.4, 0.5) is 0 Å². The topological polar surface area (TPSA) is 87.1 Å². The van der Waals surface area contributed by atoms with Gasteiger partial charge in [-0.1, -0.05) is 0 Å². The normalized spacial score (nSPS) is 19.4. The number of carbonyl (C=O) groups is 1. The van der Waals surface area contributed by atoms with Crippen molar-refractivity contribution in [3.05, 3.63) is 36.1 Å². The van der Waals surface area contributed by atoms with Gasteiger partial charge in [-0.05, 0) is 20.0 Å². The third-order valence-corrected chi connectivity index (χ3v) is 3.52. The van der Waals surface area contributed by atoms with Crippen LogP contribution in [0.5, 0.6) is 0 Å². The van der Waals surface area contributed by atoms with E-state index in [1.54, 1.807) is 6.20 Å². The summed E-state index contributed by atoms with van der Waals surface area (Å²) >= 11 is 0. The first kappa shape index (κ1) is 12.9. The van der Waals surface area contributed by atoms with Crippen molar-refractivity contribution < 1.29 is 9.21 Å². The van der Waals surface area contributed by atoms with Crippen LogP contribution < -0.4 is 5.32 Å². The Hall–Kier alpha value is -2.15. The third kappa shape index (κ3) is 2.72. The fourth-order valence-electron chi connectivity index (χ4n) is 2.42. The van der Waals surface area contributed by atoms with Crippen LogP contribution in [-0.2, 0) is 6.54 Å². The quantitative estimate of drug-likeness (QED) is 0.859. The molecule has 3 rings (SSSR count). The number of amides is 1. The van der Waals surface area contributed by atoms with Crippen LogP contribution in [0.2, 0.25) is 0 Å². The zero-order chi connectivity index (χ0) is 13.9. The monoisotopic (exact) mass is 275 g/mol. The van der Waals surface area contributed by atoms with Crippen LogP contribution in [0.3, 0.4) is 0 Å². The van der Waals surface area contributed by atoms with E-state index >= 15 is 0 Å². The van der Waals surface area contributed by atoms with E-state index in [2.05, 4.69) is 32.2 Å². The van der Waals surface area contributed by atoms with Crippen molar-refractivity contribution in [2.45, 2.75) is 18.9 Å². The minimum absolute atomic E-state index is 0.210. The number of nitrogens with one attached hydrogen (secondary N) is 2. The largest absolute Gasteiger partial charge is 0.438 e. The highest BCUT2D eigenvalue weighted by molar-refractivity contribution is 5.90. The Labute approximate surface area is 116 Å². The number of carbonyl (C=O) groups excluding carboxylic acids is 1. The Balaban J connectivity index is 1.56. The molecule has 1 atom stereocenters. The summed E-state index contributed by atoms with van der Waals surface area (Å²) in [5, 5.41) is 2.76. The molecular weight excluding hydrogens is 258 g/mol. The van der Waals surface area contributed by atoms with Crippen molar-refractivity contribution in [2.24, 2.45) is 0 Å². The van der Waals surface area contributed by atoms with Gasteiger partial charge in [-0.3, -0.25) is 4.79 Å². The maximum absolute atomic E-state index is 11.7. The van der Waals surface area contributed by atoms with Gasteiger partial charge in [0.25, 0.3) is 5.91 Å². The lowest BCUT2D eigenvalue weighted by Crippen LogP contribution is -2.22. The average Bonchev–Trinajstić information content (AvgIpc) is 3.16.